The van der Waals surface area contributed by atoms with Gasteiger partial charge in [0.1, 0.15) is 18.3 Å². The number of primary amides is 1. The lowest BCUT2D eigenvalue weighted by atomic mass is 10.0. The van der Waals surface area contributed by atoms with Crippen LogP contribution >= 0.6 is 0 Å². The Hall–Kier alpha value is -0.730. The molecule has 84 valence electrons. The van der Waals surface area contributed by atoms with E-state index in [2.05, 4.69) is 4.74 Å². The van der Waals surface area contributed by atoms with Crippen molar-refractivity contribution < 1.29 is 30.0 Å². The summed E-state index contributed by atoms with van der Waals surface area (Å²) in [5, 5.41) is 35.9. The summed E-state index contributed by atoms with van der Waals surface area (Å²) in [6.45, 7) is -0.743. The molecule has 0 aromatic heterocycles. The second-order valence-corrected chi connectivity index (χ2v) is 2.79. The molecule has 7 nitrogen and oxygen atoms in total. The molecule has 0 aliphatic carbocycles. The van der Waals surface area contributed by atoms with Crippen LogP contribution in [-0.4, -0.2) is 64.5 Å². The maximum atomic E-state index is 10.7. The fourth-order valence-electron chi connectivity index (χ4n) is 0.939. The van der Waals surface area contributed by atoms with E-state index < -0.39 is 36.9 Å². The molecule has 0 spiro atoms. The van der Waals surface area contributed by atoms with Crippen molar-refractivity contribution in [1.82, 2.24) is 0 Å². The predicted molar refractivity (Wildman–Crippen MR) is 45.1 cm³/mol. The van der Waals surface area contributed by atoms with Gasteiger partial charge in [-0.2, -0.15) is 0 Å². The highest BCUT2D eigenvalue weighted by Gasteiger charge is 2.34. The second kappa shape index (κ2) is 5.89. The first-order valence-corrected chi connectivity index (χ1v) is 3.92. The SMILES string of the molecule is CO[C@@H](C(N)=O)[C@@H](O)[C@H](O)[C@H](O)CO. The summed E-state index contributed by atoms with van der Waals surface area (Å²) in [6, 6.07) is 0. The van der Waals surface area contributed by atoms with E-state index in [0.717, 1.165) is 7.11 Å². The lowest BCUT2D eigenvalue weighted by molar-refractivity contribution is -0.150. The lowest BCUT2D eigenvalue weighted by Crippen LogP contribution is -2.51. The molecule has 7 heteroatoms. The maximum absolute atomic E-state index is 10.7. The molecule has 14 heavy (non-hydrogen) atoms. The van der Waals surface area contributed by atoms with E-state index in [1.807, 2.05) is 0 Å². The van der Waals surface area contributed by atoms with Gasteiger partial charge in [-0.05, 0) is 0 Å². The molecule has 0 aromatic carbocycles. The minimum absolute atomic E-state index is 0.743. The molecular weight excluding hydrogens is 194 g/mol. The Morgan fingerprint density at radius 3 is 2.14 bits per heavy atom. The van der Waals surface area contributed by atoms with Gasteiger partial charge in [-0.3, -0.25) is 4.79 Å². The van der Waals surface area contributed by atoms with Crippen LogP contribution in [0.15, 0.2) is 0 Å². The Kier molecular flexibility index (Phi) is 5.58. The van der Waals surface area contributed by atoms with Gasteiger partial charge in [0.2, 0.25) is 5.91 Å². The van der Waals surface area contributed by atoms with Crippen LogP contribution in [0.1, 0.15) is 0 Å². The van der Waals surface area contributed by atoms with E-state index in [1.165, 1.54) is 0 Å². The Labute approximate surface area is 80.7 Å². The highest BCUT2D eigenvalue weighted by Crippen LogP contribution is 2.07. The van der Waals surface area contributed by atoms with Gasteiger partial charge in [0, 0.05) is 7.11 Å². The lowest BCUT2D eigenvalue weighted by Gasteiger charge is -2.25. The van der Waals surface area contributed by atoms with E-state index >= 15 is 0 Å². The Morgan fingerprint density at radius 1 is 1.36 bits per heavy atom. The van der Waals surface area contributed by atoms with Crippen LogP contribution in [0.4, 0.5) is 0 Å². The Balaban J connectivity index is 4.41. The van der Waals surface area contributed by atoms with Gasteiger partial charge < -0.3 is 30.9 Å². The Morgan fingerprint density at radius 2 is 1.86 bits per heavy atom. The molecule has 0 saturated carbocycles. The van der Waals surface area contributed by atoms with Crippen molar-refractivity contribution in [2.24, 2.45) is 5.73 Å². The smallest absolute Gasteiger partial charge is 0.249 e. The number of rotatable bonds is 6. The van der Waals surface area contributed by atoms with Gasteiger partial charge >= 0.3 is 0 Å². The minimum Gasteiger partial charge on any atom is -0.394 e. The average Bonchev–Trinajstić information content (AvgIpc) is 2.15. The molecule has 0 aromatic rings. The first-order valence-electron chi connectivity index (χ1n) is 3.92. The Bertz CT molecular complexity index is 187. The number of carbonyl (C=O) groups is 1. The average molecular weight is 209 g/mol. The van der Waals surface area contributed by atoms with Crippen molar-refractivity contribution in [3.8, 4) is 0 Å². The van der Waals surface area contributed by atoms with Crippen LogP contribution in [0.2, 0.25) is 0 Å². The van der Waals surface area contributed by atoms with Gasteiger partial charge in [-0.1, -0.05) is 0 Å². The van der Waals surface area contributed by atoms with Gasteiger partial charge in [0.15, 0.2) is 6.10 Å². The maximum Gasteiger partial charge on any atom is 0.249 e. The number of aliphatic hydroxyl groups is 4. The van der Waals surface area contributed by atoms with Crippen LogP contribution < -0.4 is 5.73 Å². The number of methoxy groups -OCH3 is 1. The quantitative estimate of drug-likeness (QED) is 0.309. The minimum atomic E-state index is -1.70. The molecule has 0 radical (unpaired) electrons. The topological polar surface area (TPSA) is 133 Å². The number of nitrogens with two attached hydrogens (primary N) is 1. The molecule has 0 aliphatic rings. The third kappa shape index (κ3) is 3.20. The number of amides is 1. The number of hydrogen-bond donors (Lipinski definition) is 5. The van der Waals surface area contributed by atoms with E-state index in [9.17, 15) is 15.0 Å². The highest BCUT2D eigenvalue weighted by molar-refractivity contribution is 5.79. The van der Waals surface area contributed by atoms with E-state index in [1.54, 1.807) is 0 Å². The molecule has 0 heterocycles. The van der Waals surface area contributed by atoms with E-state index in [-0.39, 0.29) is 0 Å². The zero-order chi connectivity index (χ0) is 11.3. The molecule has 0 saturated heterocycles. The molecule has 0 bridgehead atoms. The first-order chi connectivity index (χ1) is 6.45. The summed E-state index contributed by atoms with van der Waals surface area (Å²) < 4.78 is 4.51. The summed E-state index contributed by atoms with van der Waals surface area (Å²) in [4.78, 5) is 10.7. The van der Waals surface area contributed by atoms with Crippen molar-refractivity contribution in [2.75, 3.05) is 13.7 Å². The van der Waals surface area contributed by atoms with Crippen LogP contribution in [-0.2, 0) is 9.53 Å². The normalized spacial score (nSPS) is 19.8. The molecular formula is C7H15NO6. The number of aliphatic hydroxyl groups excluding tert-OH is 4. The van der Waals surface area contributed by atoms with Gasteiger partial charge in [0.25, 0.3) is 0 Å². The van der Waals surface area contributed by atoms with Crippen molar-refractivity contribution in [3.05, 3.63) is 0 Å². The number of hydrogen-bond acceptors (Lipinski definition) is 6. The van der Waals surface area contributed by atoms with Gasteiger partial charge in [-0.25, -0.2) is 0 Å². The van der Waals surface area contributed by atoms with E-state index in [0.29, 0.717) is 0 Å². The first kappa shape index (κ1) is 13.3. The summed E-state index contributed by atoms with van der Waals surface area (Å²) in [5.41, 5.74) is 4.85. The van der Waals surface area contributed by atoms with Gasteiger partial charge in [-0.15, -0.1) is 0 Å². The molecule has 4 atom stereocenters. The molecule has 0 unspecified atom stereocenters. The van der Waals surface area contributed by atoms with Crippen LogP contribution in [0.3, 0.4) is 0 Å². The molecule has 0 fully saturated rings. The van der Waals surface area contributed by atoms with Crippen molar-refractivity contribution in [1.29, 1.82) is 0 Å². The molecule has 0 aliphatic heterocycles. The summed E-state index contributed by atoms with van der Waals surface area (Å²) >= 11 is 0. The fraction of sp³-hybridized carbons (Fsp3) is 0.857. The standard InChI is InChI=1S/C7H15NO6/c1-14-6(7(8)13)5(12)4(11)3(10)2-9/h3-6,9-12H,2H2,1H3,(H2,8,13)/t3-,4-,5+,6-/m1/s1. The largest absolute Gasteiger partial charge is 0.394 e. The van der Waals surface area contributed by atoms with Crippen molar-refractivity contribution >= 4 is 5.91 Å². The number of carbonyl (C=O) groups excluding carboxylic acids is 1. The monoisotopic (exact) mass is 209 g/mol. The third-order valence-electron chi connectivity index (χ3n) is 1.78. The molecule has 6 N–H and O–H groups in total. The van der Waals surface area contributed by atoms with Crippen molar-refractivity contribution in [2.45, 2.75) is 24.4 Å². The zero-order valence-corrected chi connectivity index (χ0v) is 7.70. The van der Waals surface area contributed by atoms with Crippen LogP contribution in [0.5, 0.6) is 0 Å². The zero-order valence-electron chi connectivity index (χ0n) is 7.70. The van der Waals surface area contributed by atoms with E-state index in [4.69, 9.17) is 15.9 Å². The van der Waals surface area contributed by atoms with Crippen LogP contribution in [0, 0.1) is 0 Å². The number of ether oxygens (including phenoxy) is 1. The summed E-state index contributed by atoms with van der Waals surface area (Å²) in [7, 11) is 1.12. The van der Waals surface area contributed by atoms with Crippen molar-refractivity contribution in [3.63, 3.8) is 0 Å². The molecule has 1 amide bonds. The summed E-state index contributed by atoms with van der Waals surface area (Å²) in [6.07, 6.45) is -6.36. The second-order valence-electron chi connectivity index (χ2n) is 2.79. The third-order valence-corrected chi connectivity index (χ3v) is 1.78. The summed E-state index contributed by atoms with van der Waals surface area (Å²) in [5.74, 6) is -0.968. The van der Waals surface area contributed by atoms with Gasteiger partial charge in [0.05, 0.1) is 6.61 Å². The highest BCUT2D eigenvalue weighted by atomic mass is 16.5. The molecule has 0 rings (SSSR count). The van der Waals surface area contributed by atoms with Crippen LogP contribution in [0.25, 0.3) is 0 Å². The fourth-order valence-corrected chi connectivity index (χ4v) is 0.939. The predicted octanol–water partition coefficient (Wildman–Crippen LogP) is -3.44.